The summed E-state index contributed by atoms with van der Waals surface area (Å²) in [7, 11) is 3.50. The summed E-state index contributed by atoms with van der Waals surface area (Å²) < 4.78 is 11.2. The van der Waals surface area contributed by atoms with Crippen LogP contribution in [0.4, 0.5) is 5.69 Å². The first kappa shape index (κ1) is 18.7. The molecule has 1 unspecified atom stereocenters. The second-order valence-electron chi connectivity index (χ2n) is 6.84. The maximum absolute atomic E-state index is 12.0. The number of anilines is 1. The van der Waals surface area contributed by atoms with Gasteiger partial charge in [-0.3, -0.25) is 9.79 Å². The molecular formula is C19H28N4O3. The highest BCUT2D eigenvalue weighted by molar-refractivity contribution is 5.94. The van der Waals surface area contributed by atoms with Crippen LogP contribution in [0.5, 0.6) is 0 Å². The molecule has 7 heteroatoms. The van der Waals surface area contributed by atoms with Crippen LogP contribution in [-0.4, -0.2) is 57.9 Å². The van der Waals surface area contributed by atoms with Crippen LogP contribution in [0.25, 0.3) is 0 Å². The first-order valence-electron chi connectivity index (χ1n) is 9.12. The van der Waals surface area contributed by atoms with E-state index >= 15 is 0 Å². The summed E-state index contributed by atoms with van der Waals surface area (Å²) in [6.07, 6.45) is 2.20. The molecule has 3 rings (SSSR count). The van der Waals surface area contributed by atoms with Gasteiger partial charge in [-0.2, -0.15) is 0 Å². The number of carbonyl (C=O) groups excluding carboxylic acids is 1. The normalized spacial score (nSPS) is 22.3. The van der Waals surface area contributed by atoms with Gasteiger partial charge in [0.15, 0.2) is 5.96 Å². The summed E-state index contributed by atoms with van der Waals surface area (Å²) in [6.45, 7) is 2.76. The van der Waals surface area contributed by atoms with Crippen molar-refractivity contribution >= 4 is 17.6 Å². The Labute approximate surface area is 154 Å². The van der Waals surface area contributed by atoms with Gasteiger partial charge in [-0.15, -0.1) is 0 Å². The van der Waals surface area contributed by atoms with Gasteiger partial charge in [-0.25, -0.2) is 0 Å². The van der Waals surface area contributed by atoms with E-state index in [4.69, 9.17) is 9.47 Å². The first-order chi connectivity index (χ1) is 12.7. The van der Waals surface area contributed by atoms with Crippen molar-refractivity contribution in [3.8, 4) is 0 Å². The number of hydrogen-bond acceptors (Lipinski definition) is 4. The van der Waals surface area contributed by atoms with Gasteiger partial charge in [0.1, 0.15) is 0 Å². The van der Waals surface area contributed by atoms with E-state index in [1.54, 1.807) is 14.2 Å². The fourth-order valence-electron chi connectivity index (χ4n) is 3.57. The molecule has 1 atom stereocenters. The van der Waals surface area contributed by atoms with Crippen molar-refractivity contribution in [2.24, 2.45) is 4.99 Å². The smallest absolute Gasteiger partial charge is 0.225 e. The van der Waals surface area contributed by atoms with Crippen molar-refractivity contribution in [1.29, 1.82) is 0 Å². The van der Waals surface area contributed by atoms with Gasteiger partial charge in [0.25, 0.3) is 0 Å². The lowest BCUT2D eigenvalue weighted by Gasteiger charge is -2.36. The quantitative estimate of drug-likeness (QED) is 0.547. The van der Waals surface area contributed by atoms with E-state index in [9.17, 15) is 4.79 Å². The van der Waals surface area contributed by atoms with Gasteiger partial charge in [0.2, 0.25) is 5.91 Å². The minimum atomic E-state index is -0.215. The molecule has 0 aromatic heterocycles. The number of amides is 1. The third kappa shape index (κ3) is 4.34. The number of nitrogens with zero attached hydrogens (tertiary/aromatic N) is 1. The molecule has 1 fully saturated rings. The fourth-order valence-corrected chi connectivity index (χ4v) is 3.57. The minimum Gasteiger partial charge on any atom is -0.381 e. The molecule has 1 aromatic carbocycles. The van der Waals surface area contributed by atoms with Crippen LogP contribution in [0.1, 0.15) is 30.7 Å². The van der Waals surface area contributed by atoms with E-state index in [2.05, 4.69) is 27.0 Å². The van der Waals surface area contributed by atoms with Crippen molar-refractivity contribution in [2.75, 3.05) is 45.8 Å². The summed E-state index contributed by atoms with van der Waals surface area (Å²) in [6, 6.07) is 7.95. The minimum absolute atomic E-state index is 0.0546. The number of para-hydroxylation sites is 1. The van der Waals surface area contributed by atoms with Gasteiger partial charge in [0, 0.05) is 71.3 Å². The van der Waals surface area contributed by atoms with Crippen LogP contribution in [0.2, 0.25) is 0 Å². The van der Waals surface area contributed by atoms with Crippen LogP contribution in [0.15, 0.2) is 29.3 Å². The van der Waals surface area contributed by atoms with Crippen LogP contribution < -0.4 is 16.0 Å². The fraction of sp³-hybridized carbons (Fsp3) is 0.579. The number of methoxy groups -OCH3 is 1. The molecule has 0 spiro atoms. The molecule has 0 radical (unpaired) electrons. The molecule has 2 aliphatic rings. The van der Waals surface area contributed by atoms with Gasteiger partial charge >= 0.3 is 0 Å². The van der Waals surface area contributed by atoms with Crippen molar-refractivity contribution in [2.45, 2.75) is 30.8 Å². The molecule has 2 heterocycles. The van der Waals surface area contributed by atoms with E-state index in [-0.39, 0.29) is 17.4 Å². The third-order valence-electron chi connectivity index (χ3n) is 5.26. The lowest BCUT2D eigenvalue weighted by Crippen LogP contribution is -2.51. The number of guanidine groups is 1. The highest BCUT2D eigenvalue weighted by atomic mass is 16.5. The summed E-state index contributed by atoms with van der Waals surface area (Å²) in [5.74, 6) is 0.897. The maximum atomic E-state index is 12.0. The largest absolute Gasteiger partial charge is 0.381 e. The van der Waals surface area contributed by atoms with Gasteiger partial charge in [-0.05, 0) is 11.6 Å². The molecule has 1 aromatic rings. The summed E-state index contributed by atoms with van der Waals surface area (Å²) in [4.78, 5) is 16.3. The van der Waals surface area contributed by atoms with Crippen molar-refractivity contribution in [3.63, 3.8) is 0 Å². The average Bonchev–Trinajstić information content (AvgIpc) is 2.68. The Balaban J connectivity index is 1.57. The molecule has 2 aliphatic heterocycles. The van der Waals surface area contributed by atoms with Gasteiger partial charge in [0.05, 0.1) is 5.60 Å². The van der Waals surface area contributed by atoms with Crippen molar-refractivity contribution in [1.82, 2.24) is 10.6 Å². The second-order valence-corrected chi connectivity index (χ2v) is 6.84. The average molecular weight is 360 g/mol. The van der Waals surface area contributed by atoms with Crippen LogP contribution >= 0.6 is 0 Å². The van der Waals surface area contributed by atoms with Crippen LogP contribution in [-0.2, 0) is 14.3 Å². The molecule has 142 valence electrons. The highest BCUT2D eigenvalue weighted by Crippen LogP contribution is 2.31. The Morgan fingerprint density at radius 1 is 1.35 bits per heavy atom. The number of benzene rings is 1. The monoisotopic (exact) mass is 360 g/mol. The Morgan fingerprint density at radius 3 is 2.85 bits per heavy atom. The third-order valence-corrected chi connectivity index (χ3v) is 5.26. The lowest BCUT2D eigenvalue weighted by atomic mass is 9.90. The first-order valence-corrected chi connectivity index (χ1v) is 9.12. The SMILES string of the molecule is CN=C(NCC1CC(=O)Nc2ccccc21)NCC1(OC)CCOCC1. The number of carbonyl (C=O) groups is 1. The molecule has 0 saturated carbocycles. The van der Waals surface area contributed by atoms with Gasteiger partial charge < -0.3 is 25.4 Å². The number of hydrogen-bond donors (Lipinski definition) is 3. The maximum Gasteiger partial charge on any atom is 0.225 e. The topological polar surface area (TPSA) is 84.0 Å². The van der Waals surface area contributed by atoms with E-state index in [1.807, 2.05) is 18.2 Å². The summed E-state index contributed by atoms with van der Waals surface area (Å²) >= 11 is 0. The molecule has 0 bridgehead atoms. The van der Waals surface area contributed by atoms with E-state index in [1.165, 1.54) is 0 Å². The Morgan fingerprint density at radius 2 is 2.12 bits per heavy atom. The number of rotatable bonds is 5. The zero-order valence-corrected chi connectivity index (χ0v) is 15.5. The molecule has 3 N–H and O–H groups in total. The van der Waals surface area contributed by atoms with Crippen molar-refractivity contribution < 1.29 is 14.3 Å². The van der Waals surface area contributed by atoms with Crippen molar-refractivity contribution in [3.05, 3.63) is 29.8 Å². The molecule has 0 aliphatic carbocycles. The Hall–Kier alpha value is -2.12. The number of aliphatic imine (C=N–C) groups is 1. The predicted molar refractivity (Wildman–Crippen MR) is 102 cm³/mol. The predicted octanol–water partition coefficient (Wildman–Crippen LogP) is 1.47. The summed E-state index contributed by atoms with van der Waals surface area (Å²) in [5, 5.41) is 9.65. The Kier molecular flexibility index (Phi) is 6.11. The molecular weight excluding hydrogens is 332 g/mol. The van der Waals surface area contributed by atoms with Crippen LogP contribution in [0.3, 0.4) is 0 Å². The zero-order valence-electron chi connectivity index (χ0n) is 15.5. The number of fused-ring (bicyclic) bond motifs is 1. The lowest BCUT2D eigenvalue weighted by molar-refractivity contribution is -0.116. The van der Waals surface area contributed by atoms with E-state index in [0.29, 0.717) is 19.5 Å². The molecule has 26 heavy (non-hydrogen) atoms. The molecule has 7 nitrogen and oxygen atoms in total. The van der Waals surface area contributed by atoms with Crippen LogP contribution in [0, 0.1) is 0 Å². The highest BCUT2D eigenvalue weighted by Gasteiger charge is 2.32. The number of nitrogens with one attached hydrogen (secondary N) is 3. The van der Waals surface area contributed by atoms with E-state index < -0.39 is 0 Å². The standard InChI is InChI=1S/C19H28N4O3/c1-20-18(22-13-19(25-2)7-9-26-10-8-19)21-12-14-11-17(24)23-16-6-4-3-5-15(14)16/h3-6,14H,7-13H2,1-2H3,(H,23,24)(H2,20,21,22). The summed E-state index contributed by atoms with van der Waals surface area (Å²) in [5.41, 5.74) is 1.85. The van der Waals surface area contributed by atoms with E-state index in [0.717, 1.165) is 43.3 Å². The molecule has 1 saturated heterocycles. The Bertz CT molecular complexity index is 656. The number of ether oxygens (including phenoxy) is 2. The second kappa shape index (κ2) is 8.51. The zero-order chi connectivity index (χ0) is 18.4. The molecule has 1 amide bonds. The van der Waals surface area contributed by atoms with Gasteiger partial charge in [-0.1, -0.05) is 18.2 Å².